The van der Waals surface area contributed by atoms with Crippen LogP contribution in [0.2, 0.25) is 0 Å². The van der Waals surface area contributed by atoms with Gasteiger partial charge in [0.15, 0.2) is 0 Å². The fourth-order valence-electron chi connectivity index (χ4n) is 5.63. The second-order valence-corrected chi connectivity index (χ2v) is 13.7. The molecule has 0 saturated carbocycles. The number of urea groups is 1. The fourth-order valence-corrected chi connectivity index (χ4v) is 6.23. The van der Waals surface area contributed by atoms with E-state index in [1.807, 2.05) is 18.2 Å². The lowest BCUT2D eigenvalue weighted by Crippen LogP contribution is -2.42. The smallest absolute Gasteiger partial charge is 0.329 e. The molecule has 41 heavy (non-hydrogen) atoms. The van der Waals surface area contributed by atoms with Gasteiger partial charge in [0.05, 0.1) is 5.56 Å². The first kappa shape index (κ1) is 30.7. The summed E-state index contributed by atoms with van der Waals surface area (Å²) >= 11 is 1.18. The summed E-state index contributed by atoms with van der Waals surface area (Å²) in [5, 5.41) is 4.12. The van der Waals surface area contributed by atoms with E-state index in [1.54, 1.807) is 35.2 Å². The van der Waals surface area contributed by atoms with E-state index in [2.05, 4.69) is 61.1 Å². The maximum absolute atomic E-state index is 13.5. The number of carbonyl (C=O) groups is 2. The number of anilines is 3. The summed E-state index contributed by atoms with van der Waals surface area (Å²) in [6.45, 7) is 17.1. The molecule has 0 radical (unpaired) electrons. The predicted octanol–water partition coefficient (Wildman–Crippen LogP) is 6.55. The van der Waals surface area contributed by atoms with E-state index < -0.39 is 0 Å². The zero-order valence-corrected chi connectivity index (χ0v) is 26.2. The molecule has 0 aliphatic carbocycles. The van der Waals surface area contributed by atoms with Crippen LogP contribution in [0.25, 0.3) is 0 Å². The number of fused-ring (bicyclic) bond motifs is 6. The molecule has 1 atom stereocenters. The van der Waals surface area contributed by atoms with E-state index in [9.17, 15) is 9.59 Å². The molecule has 2 N–H and O–H groups in total. The molecule has 1 saturated heterocycles. The van der Waals surface area contributed by atoms with Crippen LogP contribution in [-0.2, 0) is 0 Å². The van der Waals surface area contributed by atoms with Gasteiger partial charge in [0.1, 0.15) is 22.5 Å². The highest BCUT2D eigenvalue weighted by molar-refractivity contribution is 7.97. The molecule has 2 aromatic rings. The average molecular weight is 580 g/mol. The first-order valence-corrected chi connectivity index (χ1v) is 15.3. The monoisotopic (exact) mass is 579 g/mol. The molecule has 4 bridgehead atoms. The SMILES string of the molecule is C=CN(CCCC(C)(C)C)C(=O)N(C)c1ccc2c(n1)N1C[C@@H](CCCNc3cccc(n3)SNC2=O)CC1(C)C. The van der Waals surface area contributed by atoms with Crippen molar-refractivity contribution in [3.63, 3.8) is 0 Å². The second kappa shape index (κ2) is 12.7. The van der Waals surface area contributed by atoms with E-state index in [1.165, 1.54) is 11.9 Å². The van der Waals surface area contributed by atoms with Crippen molar-refractivity contribution >= 4 is 41.3 Å². The number of nitrogens with zero attached hydrogens (tertiary/aromatic N) is 5. The Kier molecular flexibility index (Phi) is 9.51. The van der Waals surface area contributed by atoms with Crippen molar-refractivity contribution in [1.82, 2.24) is 19.6 Å². The molecule has 2 aliphatic heterocycles. The summed E-state index contributed by atoms with van der Waals surface area (Å²) in [6.07, 6.45) is 6.54. The van der Waals surface area contributed by atoms with Crippen LogP contribution in [0.4, 0.5) is 22.2 Å². The van der Waals surface area contributed by atoms with Crippen molar-refractivity contribution < 1.29 is 9.59 Å². The van der Waals surface area contributed by atoms with Gasteiger partial charge in [0.2, 0.25) is 0 Å². The maximum Gasteiger partial charge on any atom is 0.329 e. The lowest BCUT2D eigenvalue weighted by Gasteiger charge is -2.34. The van der Waals surface area contributed by atoms with Crippen molar-refractivity contribution in [1.29, 1.82) is 0 Å². The number of rotatable bonds is 5. The van der Waals surface area contributed by atoms with Crippen molar-refractivity contribution in [2.24, 2.45) is 11.3 Å². The summed E-state index contributed by atoms with van der Waals surface area (Å²) < 4.78 is 2.96. The van der Waals surface area contributed by atoms with Gasteiger partial charge in [-0.25, -0.2) is 14.8 Å². The van der Waals surface area contributed by atoms with Crippen LogP contribution in [0.3, 0.4) is 0 Å². The third-order valence-corrected chi connectivity index (χ3v) is 8.53. The van der Waals surface area contributed by atoms with E-state index >= 15 is 0 Å². The molecular weight excluding hydrogens is 534 g/mol. The summed E-state index contributed by atoms with van der Waals surface area (Å²) in [6, 6.07) is 9.08. The van der Waals surface area contributed by atoms with Gasteiger partial charge < -0.3 is 15.1 Å². The molecular formula is C31H45N7O2S. The van der Waals surface area contributed by atoms with Crippen molar-refractivity contribution in [2.45, 2.75) is 77.3 Å². The number of hydrogen-bond donors (Lipinski definition) is 2. The molecule has 1 fully saturated rings. The van der Waals surface area contributed by atoms with Crippen LogP contribution >= 0.6 is 11.9 Å². The molecule has 9 nitrogen and oxygen atoms in total. The van der Waals surface area contributed by atoms with Crippen LogP contribution in [-0.4, -0.2) is 59.0 Å². The topological polar surface area (TPSA) is 93.7 Å². The van der Waals surface area contributed by atoms with Crippen LogP contribution in [0.15, 0.2) is 48.1 Å². The minimum Gasteiger partial charge on any atom is -0.370 e. The van der Waals surface area contributed by atoms with E-state index in [0.29, 0.717) is 34.7 Å². The Morgan fingerprint density at radius 1 is 1.24 bits per heavy atom. The van der Waals surface area contributed by atoms with Gasteiger partial charge in [0, 0.05) is 50.4 Å². The highest BCUT2D eigenvalue weighted by atomic mass is 32.2. The standard InChI is InChI=1S/C31H45N7O2S/c1-8-37(19-11-17-30(2,3)4)29(40)36(7)25-16-15-23-27(34-25)38-21-22(20-31(38,5)6)12-10-18-32-24-13-9-14-26(33-24)41-35-28(23)39/h8-9,13-16,22H,1,10-12,17-21H2,2-7H3,(H,32,33)(H,35,39)/t22-/m0/s1. The Morgan fingerprint density at radius 2 is 2.02 bits per heavy atom. The van der Waals surface area contributed by atoms with E-state index in [0.717, 1.165) is 51.0 Å². The normalized spacial score (nSPS) is 18.7. The highest BCUT2D eigenvalue weighted by Gasteiger charge is 2.40. The molecule has 10 heteroatoms. The van der Waals surface area contributed by atoms with Gasteiger partial charge >= 0.3 is 6.03 Å². The van der Waals surface area contributed by atoms with Gasteiger partial charge in [-0.3, -0.25) is 14.4 Å². The summed E-state index contributed by atoms with van der Waals surface area (Å²) in [5.74, 6) is 2.11. The molecule has 0 unspecified atom stereocenters. The minimum absolute atomic E-state index is 0.195. The molecule has 3 amide bonds. The first-order chi connectivity index (χ1) is 19.4. The van der Waals surface area contributed by atoms with Gasteiger partial charge in [-0.15, -0.1) is 0 Å². The number of amides is 3. The third-order valence-electron chi connectivity index (χ3n) is 7.81. The van der Waals surface area contributed by atoms with Gasteiger partial charge in [0.25, 0.3) is 5.91 Å². The predicted molar refractivity (Wildman–Crippen MR) is 168 cm³/mol. The molecule has 4 rings (SSSR count). The molecule has 0 spiro atoms. The van der Waals surface area contributed by atoms with Crippen LogP contribution in [0.1, 0.15) is 77.1 Å². The number of carbonyl (C=O) groups excluding carboxylic acids is 2. The summed E-state index contributed by atoms with van der Waals surface area (Å²) in [4.78, 5) is 42.0. The quantitative estimate of drug-likeness (QED) is 0.388. The third kappa shape index (κ3) is 7.72. The lowest BCUT2D eigenvalue weighted by atomic mass is 9.90. The lowest BCUT2D eigenvalue weighted by molar-refractivity contribution is 0.0984. The Morgan fingerprint density at radius 3 is 2.76 bits per heavy atom. The zero-order chi connectivity index (χ0) is 29.8. The Bertz CT molecular complexity index is 1260. The summed E-state index contributed by atoms with van der Waals surface area (Å²) in [7, 11) is 1.73. The minimum atomic E-state index is -0.248. The number of hydrogen-bond acceptors (Lipinski definition) is 7. The van der Waals surface area contributed by atoms with E-state index in [-0.39, 0.29) is 22.9 Å². The molecule has 4 heterocycles. The zero-order valence-electron chi connectivity index (χ0n) is 25.4. The Balaban J connectivity index is 1.64. The number of aromatic nitrogens is 2. The second-order valence-electron chi connectivity index (χ2n) is 12.9. The van der Waals surface area contributed by atoms with Gasteiger partial charge in [-0.05, 0) is 81.5 Å². The number of pyridine rings is 2. The molecule has 2 aliphatic rings. The average Bonchev–Trinajstić information content (AvgIpc) is 3.23. The van der Waals surface area contributed by atoms with Crippen LogP contribution in [0, 0.1) is 11.3 Å². The first-order valence-electron chi connectivity index (χ1n) is 14.5. The largest absolute Gasteiger partial charge is 0.370 e. The molecule has 2 aromatic heterocycles. The van der Waals surface area contributed by atoms with Crippen molar-refractivity contribution in [3.8, 4) is 0 Å². The van der Waals surface area contributed by atoms with E-state index in [4.69, 9.17) is 4.98 Å². The Labute approximate surface area is 249 Å². The van der Waals surface area contributed by atoms with Crippen molar-refractivity contribution in [2.75, 3.05) is 41.8 Å². The maximum atomic E-state index is 13.5. The molecule has 222 valence electrons. The van der Waals surface area contributed by atoms with Crippen molar-refractivity contribution in [3.05, 3.63) is 48.7 Å². The van der Waals surface area contributed by atoms with Gasteiger partial charge in [-0.2, -0.15) is 0 Å². The fraction of sp³-hybridized carbons (Fsp3) is 0.548. The van der Waals surface area contributed by atoms with Crippen LogP contribution in [0.5, 0.6) is 0 Å². The van der Waals surface area contributed by atoms with Gasteiger partial charge in [-0.1, -0.05) is 33.4 Å². The Hall–Kier alpha value is -3.27. The van der Waals surface area contributed by atoms with Crippen LogP contribution < -0.4 is 19.8 Å². The molecule has 0 aromatic carbocycles. The number of nitrogens with one attached hydrogen (secondary N) is 2. The highest BCUT2D eigenvalue weighted by Crippen LogP contribution is 2.40. The summed E-state index contributed by atoms with van der Waals surface area (Å²) in [5.41, 5.74) is 0.475.